The Morgan fingerprint density at radius 1 is 0.879 bits per heavy atom. The fourth-order valence-corrected chi connectivity index (χ4v) is 5.26. The Morgan fingerprint density at radius 3 is 2.18 bits per heavy atom. The number of nitrogens with one attached hydrogen (secondary N) is 1. The second-order valence-corrected chi connectivity index (χ2v) is 9.45. The highest BCUT2D eigenvalue weighted by molar-refractivity contribution is 5.99. The van der Waals surface area contributed by atoms with E-state index in [1.54, 1.807) is 7.11 Å². The molecule has 0 spiro atoms. The van der Waals surface area contributed by atoms with Crippen molar-refractivity contribution in [2.75, 3.05) is 38.7 Å². The Bertz CT molecular complexity index is 867. The summed E-state index contributed by atoms with van der Waals surface area (Å²) in [6.07, 6.45) is 10.2. The molecule has 2 aliphatic rings. The lowest BCUT2D eigenvalue weighted by Gasteiger charge is -2.36. The first-order valence-electron chi connectivity index (χ1n) is 12.6. The van der Waals surface area contributed by atoms with Crippen LogP contribution in [0.3, 0.4) is 0 Å². The number of likely N-dealkylation sites (tertiary alicyclic amines) is 1. The Morgan fingerprint density at radius 2 is 1.52 bits per heavy atom. The number of carbonyl (C=O) groups is 1. The van der Waals surface area contributed by atoms with Gasteiger partial charge in [0.2, 0.25) is 5.91 Å². The van der Waals surface area contributed by atoms with Gasteiger partial charge in [0.05, 0.1) is 19.1 Å². The molecule has 2 aromatic rings. The van der Waals surface area contributed by atoms with Crippen LogP contribution in [0.2, 0.25) is 0 Å². The van der Waals surface area contributed by atoms with Crippen molar-refractivity contribution in [3.8, 4) is 11.5 Å². The number of methoxy groups -OCH3 is 1. The van der Waals surface area contributed by atoms with Crippen LogP contribution < -0.4 is 14.8 Å². The smallest absolute Gasteiger partial charge is 0.235 e. The molecule has 2 fully saturated rings. The molecule has 0 bridgehead atoms. The van der Waals surface area contributed by atoms with Gasteiger partial charge >= 0.3 is 0 Å². The van der Waals surface area contributed by atoms with Crippen molar-refractivity contribution >= 4 is 11.6 Å². The molecule has 1 aliphatic carbocycles. The first-order valence-corrected chi connectivity index (χ1v) is 12.6. The highest BCUT2D eigenvalue weighted by Crippen LogP contribution is 2.41. The van der Waals surface area contributed by atoms with Gasteiger partial charge in [-0.3, -0.25) is 4.79 Å². The standard InChI is InChI=1S/C28H38N2O3/c1-32-25-13-9-23(10-14-25)28(17-4-2-5-18-28)27(31)29-24-11-15-26(16-12-24)33-22-8-21-30-19-6-3-7-20-30/h9-16H,2-8,17-22H2,1H3,(H,29,31). The van der Waals surface area contributed by atoms with Gasteiger partial charge in [0, 0.05) is 12.2 Å². The number of anilines is 1. The summed E-state index contributed by atoms with van der Waals surface area (Å²) >= 11 is 0. The molecule has 1 saturated carbocycles. The molecular weight excluding hydrogens is 412 g/mol. The van der Waals surface area contributed by atoms with Crippen molar-refractivity contribution in [2.45, 2.75) is 63.2 Å². The van der Waals surface area contributed by atoms with Crippen LogP contribution in [-0.2, 0) is 10.2 Å². The minimum absolute atomic E-state index is 0.0857. The molecule has 2 aromatic carbocycles. The lowest BCUT2D eigenvalue weighted by Crippen LogP contribution is -2.42. The van der Waals surface area contributed by atoms with E-state index >= 15 is 0 Å². The summed E-state index contributed by atoms with van der Waals surface area (Å²) in [7, 11) is 1.67. The van der Waals surface area contributed by atoms with E-state index in [2.05, 4.69) is 10.2 Å². The number of amides is 1. The topological polar surface area (TPSA) is 50.8 Å². The summed E-state index contributed by atoms with van der Waals surface area (Å²) in [5, 5.41) is 3.18. The lowest BCUT2D eigenvalue weighted by molar-refractivity contribution is -0.122. The monoisotopic (exact) mass is 450 g/mol. The summed E-state index contributed by atoms with van der Waals surface area (Å²) < 4.78 is 11.2. The zero-order valence-electron chi connectivity index (χ0n) is 20.0. The largest absolute Gasteiger partial charge is 0.497 e. The SMILES string of the molecule is COc1ccc(C2(C(=O)Nc3ccc(OCCCN4CCCCC4)cc3)CCCCC2)cc1. The first kappa shape index (κ1) is 23.6. The fraction of sp³-hybridized carbons (Fsp3) is 0.536. The quantitative estimate of drug-likeness (QED) is 0.491. The molecule has 1 aliphatic heterocycles. The third kappa shape index (κ3) is 6.08. The molecule has 0 atom stereocenters. The Hall–Kier alpha value is -2.53. The lowest BCUT2D eigenvalue weighted by atomic mass is 9.68. The molecule has 0 aromatic heterocycles. The van der Waals surface area contributed by atoms with Gasteiger partial charge in [-0.1, -0.05) is 37.8 Å². The van der Waals surface area contributed by atoms with Crippen molar-refractivity contribution in [1.82, 2.24) is 4.90 Å². The minimum atomic E-state index is -0.478. The van der Waals surface area contributed by atoms with Gasteiger partial charge in [-0.05, 0) is 87.2 Å². The van der Waals surface area contributed by atoms with Gasteiger partial charge in [-0.2, -0.15) is 0 Å². The van der Waals surface area contributed by atoms with Crippen LogP contribution in [0.4, 0.5) is 5.69 Å². The summed E-state index contributed by atoms with van der Waals surface area (Å²) in [5.41, 5.74) is 1.42. The maximum Gasteiger partial charge on any atom is 0.235 e. The molecule has 1 amide bonds. The molecule has 4 rings (SSSR count). The molecule has 178 valence electrons. The number of rotatable bonds is 9. The average Bonchev–Trinajstić information content (AvgIpc) is 2.88. The van der Waals surface area contributed by atoms with E-state index in [4.69, 9.17) is 9.47 Å². The number of benzene rings is 2. The van der Waals surface area contributed by atoms with Crippen LogP contribution in [0.15, 0.2) is 48.5 Å². The van der Waals surface area contributed by atoms with Crippen molar-refractivity contribution < 1.29 is 14.3 Å². The summed E-state index contributed by atoms with van der Waals surface area (Å²) in [5.74, 6) is 1.76. The number of hydrogen-bond acceptors (Lipinski definition) is 4. The number of carbonyl (C=O) groups excluding carboxylic acids is 1. The second kappa shape index (κ2) is 11.6. The van der Waals surface area contributed by atoms with Gasteiger partial charge in [0.15, 0.2) is 0 Å². The average molecular weight is 451 g/mol. The van der Waals surface area contributed by atoms with Crippen LogP contribution >= 0.6 is 0 Å². The summed E-state index contributed by atoms with van der Waals surface area (Å²) in [4.78, 5) is 16.0. The van der Waals surface area contributed by atoms with Crippen molar-refractivity contribution in [2.24, 2.45) is 0 Å². The van der Waals surface area contributed by atoms with Gasteiger partial charge in [-0.15, -0.1) is 0 Å². The number of hydrogen-bond donors (Lipinski definition) is 1. The number of piperidine rings is 1. The maximum absolute atomic E-state index is 13.5. The fourth-order valence-electron chi connectivity index (χ4n) is 5.26. The predicted octanol–water partition coefficient (Wildman–Crippen LogP) is 5.79. The summed E-state index contributed by atoms with van der Waals surface area (Å²) in [6.45, 7) is 4.29. The first-order chi connectivity index (χ1) is 16.2. The molecule has 0 unspecified atom stereocenters. The molecular formula is C28H38N2O3. The summed E-state index contributed by atoms with van der Waals surface area (Å²) in [6, 6.07) is 15.8. The van der Waals surface area contributed by atoms with Gasteiger partial charge in [-0.25, -0.2) is 0 Å². The van der Waals surface area contributed by atoms with Gasteiger partial charge in [0.25, 0.3) is 0 Å². The highest BCUT2D eigenvalue weighted by atomic mass is 16.5. The third-order valence-corrected chi connectivity index (χ3v) is 7.23. The van der Waals surface area contributed by atoms with E-state index in [-0.39, 0.29) is 5.91 Å². The van der Waals surface area contributed by atoms with Crippen molar-refractivity contribution in [3.05, 3.63) is 54.1 Å². The van der Waals surface area contributed by atoms with Gasteiger partial charge < -0.3 is 19.7 Å². The molecule has 5 nitrogen and oxygen atoms in total. The van der Waals surface area contributed by atoms with E-state index in [1.807, 2.05) is 48.5 Å². The van der Waals surface area contributed by atoms with Crippen LogP contribution in [0.25, 0.3) is 0 Å². The Balaban J connectivity index is 1.33. The van der Waals surface area contributed by atoms with E-state index < -0.39 is 5.41 Å². The zero-order valence-corrected chi connectivity index (χ0v) is 20.0. The van der Waals surface area contributed by atoms with E-state index in [0.717, 1.165) is 68.0 Å². The van der Waals surface area contributed by atoms with Crippen molar-refractivity contribution in [1.29, 1.82) is 0 Å². The molecule has 5 heteroatoms. The minimum Gasteiger partial charge on any atom is -0.497 e. The van der Waals surface area contributed by atoms with Crippen molar-refractivity contribution in [3.63, 3.8) is 0 Å². The number of ether oxygens (including phenoxy) is 2. The van der Waals surface area contributed by atoms with E-state index in [0.29, 0.717) is 0 Å². The van der Waals surface area contributed by atoms with Crippen LogP contribution in [0.1, 0.15) is 63.4 Å². The number of nitrogens with zero attached hydrogens (tertiary/aromatic N) is 1. The highest BCUT2D eigenvalue weighted by Gasteiger charge is 2.41. The molecule has 0 radical (unpaired) electrons. The second-order valence-electron chi connectivity index (χ2n) is 9.45. The molecule has 1 N–H and O–H groups in total. The van der Waals surface area contributed by atoms with Crippen LogP contribution in [-0.4, -0.2) is 44.2 Å². The maximum atomic E-state index is 13.5. The molecule has 1 saturated heterocycles. The normalized spacial score (nSPS) is 18.5. The Kier molecular flexibility index (Phi) is 8.27. The van der Waals surface area contributed by atoms with Crippen LogP contribution in [0.5, 0.6) is 11.5 Å². The van der Waals surface area contributed by atoms with Crippen LogP contribution in [0, 0.1) is 0 Å². The molecule has 1 heterocycles. The third-order valence-electron chi connectivity index (χ3n) is 7.23. The Labute approximate surface area is 198 Å². The molecule has 33 heavy (non-hydrogen) atoms. The van der Waals surface area contributed by atoms with E-state index in [9.17, 15) is 4.79 Å². The van der Waals surface area contributed by atoms with E-state index in [1.165, 1.54) is 38.8 Å². The van der Waals surface area contributed by atoms with Gasteiger partial charge in [0.1, 0.15) is 11.5 Å². The zero-order chi connectivity index (χ0) is 22.9. The predicted molar refractivity (Wildman–Crippen MR) is 133 cm³/mol.